The normalized spacial score (nSPS) is 17.1. The third-order valence-corrected chi connectivity index (χ3v) is 4.42. The molecule has 2 atom stereocenters. The summed E-state index contributed by atoms with van der Waals surface area (Å²) < 4.78 is 270. The van der Waals surface area contributed by atoms with Crippen LogP contribution in [0.3, 0.4) is 0 Å². The predicted octanol–water partition coefficient (Wildman–Crippen LogP) is 3.40. The first-order valence-electron chi connectivity index (χ1n) is 8.15. The minimum absolute atomic E-state index is 0. The van der Waals surface area contributed by atoms with Crippen LogP contribution >= 0.6 is 0 Å². The zero-order chi connectivity index (χ0) is 35.0. The van der Waals surface area contributed by atoms with E-state index in [0.29, 0.717) is 0 Å². The zero-order valence-corrected chi connectivity index (χ0v) is 18.8. The van der Waals surface area contributed by atoms with E-state index in [-0.39, 0.29) is 17.1 Å². The number of alkyl halides is 18. The minimum atomic E-state index is -7.46. The molecule has 0 aliphatic heterocycles. The van der Waals surface area contributed by atoms with Gasteiger partial charge in [-0.3, -0.25) is 0 Å². The number of carboxylic acids is 2. The molecule has 31 heteroatoms. The number of hydrogen-bond donors (Lipinski definition) is 0. The van der Waals surface area contributed by atoms with Gasteiger partial charge >= 0.3 is 65.3 Å². The van der Waals surface area contributed by atoms with Gasteiger partial charge < -0.3 is 19.8 Å². The molecule has 0 aliphatic carbocycles. The summed E-state index contributed by atoms with van der Waals surface area (Å²) in [6.45, 7) is 0. The Labute approximate surface area is 226 Å². The maximum atomic E-state index is 12.3. The van der Waals surface area contributed by atoms with Gasteiger partial charge in [-0.05, 0) is 18.1 Å². The quantitative estimate of drug-likeness (QED) is 0.274. The Kier molecular flexibility index (Phi) is 13.7. The van der Waals surface area contributed by atoms with Crippen molar-refractivity contribution in [3.05, 3.63) is 0 Å². The van der Waals surface area contributed by atoms with E-state index in [9.17, 15) is 117 Å². The Morgan fingerprint density at radius 3 is 0.558 bits per heavy atom. The number of rotatable bonds is 8. The standard InChI is InChI=1S/2C6HF11O4.Cu/c2*7-4(8,9)2(20-16,1(18)19)3(21-17,5(10,11)12)6(13,14)15;/h2*(H,18,19);/q;;+2/p-2. The molecule has 0 heterocycles. The number of halogens is 22. The first-order valence-corrected chi connectivity index (χ1v) is 8.15. The molecule has 261 valence electrons. The summed E-state index contributed by atoms with van der Waals surface area (Å²) in [5.41, 5.74) is -28.3. The second-order valence-electron chi connectivity index (χ2n) is 6.59. The third kappa shape index (κ3) is 6.45. The molecule has 0 saturated heterocycles. The SMILES string of the molecule is O=C([O-])C(OF)(C(F)(F)F)C(OF)(C(F)(F)F)C(F)(F)F.O=C([O-])C(OF)(C(F)(F)F)C(OF)(C(F)(F)F)C(F)(F)F.[Cu+2]. The molecule has 0 aromatic rings. The van der Waals surface area contributed by atoms with Crippen molar-refractivity contribution in [1.29, 1.82) is 0 Å². The summed E-state index contributed by atoms with van der Waals surface area (Å²) in [5.74, 6) is -8.85. The van der Waals surface area contributed by atoms with Crippen molar-refractivity contribution >= 4 is 11.9 Å². The van der Waals surface area contributed by atoms with Gasteiger partial charge in [0, 0.05) is 0 Å². The van der Waals surface area contributed by atoms with E-state index in [0.717, 1.165) is 0 Å². The van der Waals surface area contributed by atoms with Gasteiger partial charge in [-0.15, -0.1) is 0 Å². The summed E-state index contributed by atoms with van der Waals surface area (Å²) in [4.78, 5) is 25.6. The van der Waals surface area contributed by atoms with Crippen LogP contribution in [0.2, 0.25) is 0 Å². The third-order valence-electron chi connectivity index (χ3n) is 4.42. The summed E-state index contributed by atoms with van der Waals surface area (Å²) in [6.07, 6.45) is -44.4. The fraction of sp³-hybridized carbons (Fsp3) is 0.833. The molecule has 0 N–H and O–H groups in total. The second kappa shape index (κ2) is 13.0. The van der Waals surface area contributed by atoms with Crippen LogP contribution in [0.5, 0.6) is 0 Å². The maximum Gasteiger partial charge on any atom is 2.00 e. The van der Waals surface area contributed by atoms with Crippen molar-refractivity contribution in [1.82, 2.24) is 0 Å². The second-order valence-corrected chi connectivity index (χ2v) is 6.59. The summed E-state index contributed by atoms with van der Waals surface area (Å²) in [6, 6.07) is 0. The van der Waals surface area contributed by atoms with Crippen LogP contribution in [0.25, 0.3) is 0 Å². The van der Waals surface area contributed by atoms with E-state index < -0.39 is 71.4 Å². The van der Waals surface area contributed by atoms with Crippen LogP contribution in [0, 0.1) is 0 Å². The van der Waals surface area contributed by atoms with Gasteiger partial charge in [-0.25, -0.2) is 0 Å². The molecule has 0 bridgehead atoms. The molecule has 1 radical (unpaired) electrons. The zero-order valence-electron chi connectivity index (χ0n) is 17.9. The van der Waals surface area contributed by atoms with Crippen molar-refractivity contribution < 1.29 is 154 Å². The molecule has 0 spiro atoms. The molecule has 0 aromatic carbocycles. The average Bonchev–Trinajstić information content (AvgIpc) is 2.69. The predicted molar refractivity (Wildman–Crippen MR) is 66.0 cm³/mol. The van der Waals surface area contributed by atoms with Crippen molar-refractivity contribution in [2.75, 3.05) is 0 Å². The van der Waals surface area contributed by atoms with Gasteiger partial charge in [0.15, 0.2) is 0 Å². The Morgan fingerprint density at radius 1 is 0.372 bits per heavy atom. The Balaban J connectivity index is -0.000000727. The average molecular weight is 754 g/mol. The fourth-order valence-corrected chi connectivity index (χ4v) is 2.58. The molecular weight excluding hydrogens is 754 g/mol. The molecule has 0 aromatic heterocycles. The van der Waals surface area contributed by atoms with Gasteiger partial charge in [0.25, 0.3) is 11.2 Å². The van der Waals surface area contributed by atoms with E-state index in [1.54, 1.807) is 0 Å². The van der Waals surface area contributed by atoms with Gasteiger partial charge in [0.1, 0.15) is 0 Å². The smallest absolute Gasteiger partial charge is 0.546 e. The monoisotopic (exact) mass is 753 g/mol. The minimum Gasteiger partial charge on any atom is -0.546 e. The van der Waals surface area contributed by atoms with Gasteiger partial charge in [0.2, 0.25) is 0 Å². The van der Waals surface area contributed by atoms with E-state index in [4.69, 9.17) is 0 Å². The van der Waals surface area contributed by atoms with Gasteiger partial charge in [-0.2, -0.15) is 98.8 Å². The fourth-order valence-electron chi connectivity index (χ4n) is 2.58. The molecule has 43 heavy (non-hydrogen) atoms. The molecule has 0 fully saturated rings. The van der Waals surface area contributed by atoms with Crippen molar-refractivity contribution in [3.8, 4) is 0 Å². The largest absolute Gasteiger partial charge is 2.00 e. The van der Waals surface area contributed by atoms with E-state index in [1.807, 2.05) is 0 Å². The van der Waals surface area contributed by atoms with Crippen LogP contribution in [-0.2, 0) is 46.4 Å². The molecule has 0 aliphatic rings. The van der Waals surface area contributed by atoms with Crippen molar-refractivity contribution in [2.24, 2.45) is 0 Å². The number of carbonyl (C=O) groups is 2. The number of carbonyl (C=O) groups excluding carboxylic acids is 2. The Morgan fingerprint density at radius 2 is 0.535 bits per heavy atom. The molecule has 2 unspecified atom stereocenters. The van der Waals surface area contributed by atoms with Crippen LogP contribution in [0.4, 0.5) is 97.1 Å². The molecule has 0 amide bonds. The van der Waals surface area contributed by atoms with Crippen LogP contribution in [0.15, 0.2) is 0 Å². The van der Waals surface area contributed by atoms with Crippen LogP contribution in [0.1, 0.15) is 0 Å². The number of hydrogen-bond acceptors (Lipinski definition) is 8. The Hall–Kier alpha value is -2.24. The van der Waals surface area contributed by atoms with Crippen LogP contribution < -0.4 is 10.2 Å². The Bertz CT molecular complexity index is 845. The number of carboxylic acid groups (broad SMARTS) is 2. The molecule has 8 nitrogen and oxygen atoms in total. The summed E-state index contributed by atoms with van der Waals surface area (Å²) >= 11 is 0. The molecule has 0 rings (SSSR count). The van der Waals surface area contributed by atoms with Gasteiger partial charge in [0.05, 0.1) is 11.9 Å². The maximum absolute atomic E-state index is 12.3. The van der Waals surface area contributed by atoms with Crippen molar-refractivity contribution in [3.63, 3.8) is 0 Å². The number of aliphatic carboxylic acids is 2. The van der Waals surface area contributed by atoms with Crippen molar-refractivity contribution in [2.45, 2.75) is 59.5 Å². The summed E-state index contributed by atoms with van der Waals surface area (Å²) in [5, 5.41) is 20.3. The van der Waals surface area contributed by atoms with E-state index in [1.165, 1.54) is 19.8 Å². The van der Waals surface area contributed by atoms with E-state index >= 15 is 0 Å². The van der Waals surface area contributed by atoms with Gasteiger partial charge in [-0.1, -0.05) is 0 Å². The summed E-state index contributed by atoms with van der Waals surface area (Å²) in [7, 11) is 0. The van der Waals surface area contributed by atoms with E-state index in [2.05, 4.69) is 0 Å². The topological polar surface area (TPSA) is 117 Å². The molecule has 0 saturated carbocycles. The first kappa shape index (κ1) is 45.2. The first-order chi connectivity index (χ1) is 18.1. The van der Waals surface area contributed by atoms with Crippen LogP contribution in [-0.4, -0.2) is 71.4 Å². The molecular formula is C12CuF22O8.